The first kappa shape index (κ1) is 9.52. The molecule has 1 atom stereocenters. The molecule has 0 radical (unpaired) electrons. The molecule has 0 aromatic rings. The number of ether oxygens (including phenoxy) is 1. The number of carbonyl (C=O) groups excluding carboxylic acids is 1. The third-order valence-corrected chi connectivity index (χ3v) is 2.34. The van der Waals surface area contributed by atoms with Crippen LogP contribution in [0.15, 0.2) is 0 Å². The second-order valence-corrected chi connectivity index (χ2v) is 3.26. The molecule has 12 heavy (non-hydrogen) atoms. The lowest BCUT2D eigenvalue weighted by atomic mass is 10.0. The maximum absolute atomic E-state index is 10.8. The van der Waals surface area contributed by atoms with Crippen molar-refractivity contribution in [2.45, 2.75) is 38.1 Å². The zero-order chi connectivity index (χ0) is 8.81. The van der Waals surface area contributed by atoms with E-state index in [0.717, 1.165) is 13.0 Å². The molecule has 1 N–H and O–H groups in total. The number of piperidine rings is 1. The molecule has 0 aromatic heterocycles. The molecule has 3 nitrogen and oxygen atoms in total. The molecular formula is C9H17NO2. The number of esters is 1. The van der Waals surface area contributed by atoms with Crippen LogP contribution in [0.5, 0.6) is 0 Å². The smallest absolute Gasteiger partial charge is 0.305 e. The van der Waals surface area contributed by atoms with Crippen LogP contribution in [0, 0.1) is 0 Å². The molecule has 70 valence electrons. The SMILES string of the molecule is COC(=O)CC[C@@H]1CCCCN1. The fraction of sp³-hybridized carbons (Fsp3) is 0.889. The Morgan fingerprint density at radius 1 is 1.58 bits per heavy atom. The molecule has 1 fully saturated rings. The van der Waals surface area contributed by atoms with Crippen molar-refractivity contribution in [3.63, 3.8) is 0 Å². The first-order chi connectivity index (χ1) is 5.83. The van der Waals surface area contributed by atoms with Gasteiger partial charge in [-0.05, 0) is 25.8 Å². The molecule has 1 aliphatic heterocycles. The quantitative estimate of drug-likeness (QED) is 0.646. The third-order valence-electron chi connectivity index (χ3n) is 2.34. The minimum absolute atomic E-state index is 0.0950. The molecule has 0 saturated carbocycles. The van der Waals surface area contributed by atoms with Crippen molar-refractivity contribution < 1.29 is 9.53 Å². The number of rotatable bonds is 3. The lowest BCUT2D eigenvalue weighted by Crippen LogP contribution is -2.34. The van der Waals surface area contributed by atoms with Gasteiger partial charge in [0.2, 0.25) is 0 Å². The van der Waals surface area contributed by atoms with Gasteiger partial charge in [0.15, 0.2) is 0 Å². The van der Waals surface area contributed by atoms with Crippen LogP contribution in [0.1, 0.15) is 32.1 Å². The van der Waals surface area contributed by atoms with E-state index < -0.39 is 0 Å². The fourth-order valence-corrected chi connectivity index (χ4v) is 1.56. The van der Waals surface area contributed by atoms with Gasteiger partial charge in [0.25, 0.3) is 0 Å². The summed E-state index contributed by atoms with van der Waals surface area (Å²) >= 11 is 0. The van der Waals surface area contributed by atoms with E-state index in [2.05, 4.69) is 10.1 Å². The van der Waals surface area contributed by atoms with Crippen LogP contribution in [0.3, 0.4) is 0 Å². The average Bonchev–Trinajstić information content (AvgIpc) is 2.16. The van der Waals surface area contributed by atoms with E-state index in [-0.39, 0.29) is 5.97 Å². The molecule has 1 rings (SSSR count). The van der Waals surface area contributed by atoms with E-state index in [9.17, 15) is 4.79 Å². The molecule has 3 heteroatoms. The molecule has 0 spiro atoms. The number of hydrogen-bond acceptors (Lipinski definition) is 3. The lowest BCUT2D eigenvalue weighted by molar-refractivity contribution is -0.140. The molecule has 1 saturated heterocycles. The Labute approximate surface area is 73.5 Å². The van der Waals surface area contributed by atoms with Gasteiger partial charge in [0.05, 0.1) is 7.11 Å². The molecule has 1 aliphatic rings. The van der Waals surface area contributed by atoms with E-state index in [4.69, 9.17) is 0 Å². The Morgan fingerprint density at radius 2 is 2.42 bits per heavy atom. The molecule has 1 heterocycles. The van der Waals surface area contributed by atoms with E-state index in [1.165, 1.54) is 26.4 Å². The van der Waals surface area contributed by atoms with Gasteiger partial charge in [-0.15, -0.1) is 0 Å². The summed E-state index contributed by atoms with van der Waals surface area (Å²) in [7, 11) is 1.44. The summed E-state index contributed by atoms with van der Waals surface area (Å²) in [6, 6.07) is 0.540. The van der Waals surface area contributed by atoms with E-state index in [1.807, 2.05) is 0 Å². The Morgan fingerprint density at radius 3 is 3.00 bits per heavy atom. The molecule has 0 aromatic carbocycles. The maximum Gasteiger partial charge on any atom is 0.305 e. The van der Waals surface area contributed by atoms with Gasteiger partial charge >= 0.3 is 5.97 Å². The highest BCUT2D eigenvalue weighted by Crippen LogP contribution is 2.11. The van der Waals surface area contributed by atoms with Crippen LogP contribution in [-0.2, 0) is 9.53 Å². The highest BCUT2D eigenvalue weighted by atomic mass is 16.5. The van der Waals surface area contributed by atoms with Gasteiger partial charge in [-0.25, -0.2) is 0 Å². The van der Waals surface area contributed by atoms with Crippen LogP contribution in [0.25, 0.3) is 0 Å². The topological polar surface area (TPSA) is 38.3 Å². The highest BCUT2D eigenvalue weighted by Gasteiger charge is 2.13. The highest BCUT2D eigenvalue weighted by molar-refractivity contribution is 5.69. The van der Waals surface area contributed by atoms with Gasteiger partial charge in [0, 0.05) is 12.5 Å². The number of hydrogen-bond donors (Lipinski definition) is 1. The van der Waals surface area contributed by atoms with Crippen molar-refractivity contribution in [3.05, 3.63) is 0 Å². The average molecular weight is 171 g/mol. The summed E-state index contributed by atoms with van der Waals surface area (Å²) in [4.78, 5) is 10.8. The second-order valence-electron chi connectivity index (χ2n) is 3.26. The fourth-order valence-electron chi connectivity index (χ4n) is 1.56. The van der Waals surface area contributed by atoms with Crippen molar-refractivity contribution in [1.29, 1.82) is 0 Å². The first-order valence-electron chi connectivity index (χ1n) is 4.63. The van der Waals surface area contributed by atoms with Crippen LogP contribution in [0.2, 0.25) is 0 Å². The minimum Gasteiger partial charge on any atom is -0.469 e. The third kappa shape index (κ3) is 3.22. The van der Waals surface area contributed by atoms with E-state index >= 15 is 0 Å². The molecule has 0 bridgehead atoms. The Balaban J connectivity index is 2.09. The standard InChI is InChI=1S/C9H17NO2/c1-12-9(11)6-5-8-4-2-3-7-10-8/h8,10H,2-7H2,1H3/t8-/m0/s1. The van der Waals surface area contributed by atoms with Gasteiger partial charge in [0.1, 0.15) is 0 Å². The second kappa shape index (κ2) is 5.14. The minimum atomic E-state index is -0.0950. The molecule has 0 amide bonds. The Bertz CT molecular complexity index is 141. The summed E-state index contributed by atoms with van der Waals surface area (Å²) in [5, 5.41) is 3.39. The monoisotopic (exact) mass is 171 g/mol. The summed E-state index contributed by atoms with van der Waals surface area (Å²) in [6.45, 7) is 1.10. The van der Waals surface area contributed by atoms with Crippen LogP contribution < -0.4 is 5.32 Å². The Kier molecular flexibility index (Phi) is 4.08. The van der Waals surface area contributed by atoms with Crippen molar-refractivity contribution >= 4 is 5.97 Å². The van der Waals surface area contributed by atoms with Gasteiger partial charge in [-0.1, -0.05) is 6.42 Å². The number of methoxy groups -OCH3 is 1. The summed E-state index contributed by atoms with van der Waals surface area (Å²) in [6.07, 6.45) is 5.24. The van der Waals surface area contributed by atoms with E-state index in [1.54, 1.807) is 0 Å². The van der Waals surface area contributed by atoms with Crippen LogP contribution in [-0.4, -0.2) is 25.7 Å². The van der Waals surface area contributed by atoms with Gasteiger partial charge < -0.3 is 10.1 Å². The first-order valence-corrected chi connectivity index (χ1v) is 4.63. The zero-order valence-corrected chi connectivity index (χ0v) is 7.64. The molecule has 0 aliphatic carbocycles. The van der Waals surface area contributed by atoms with Gasteiger partial charge in [-0.2, -0.15) is 0 Å². The number of nitrogens with one attached hydrogen (secondary N) is 1. The summed E-state index contributed by atoms with van der Waals surface area (Å²) < 4.78 is 4.57. The van der Waals surface area contributed by atoms with Gasteiger partial charge in [-0.3, -0.25) is 4.79 Å². The zero-order valence-electron chi connectivity index (χ0n) is 7.64. The predicted octanol–water partition coefficient (Wildman–Crippen LogP) is 1.08. The van der Waals surface area contributed by atoms with Crippen LogP contribution >= 0.6 is 0 Å². The predicted molar refractivity (Wildman–Crippen MR) is 46.9 cm³/mol. The maximum atomic E-state index is 10.8. The van der Waals surface area contributed by atoms with Crippen molar-refractivity contribution in [2.24, 2.45) is 0 Å². The van der Waals surface area contributed by atoms with Crippen molar-refractivity contribution in [1.82, 2.24) is 5.32 Å². The lowest BCUT2D eigenvalue weighted by Gasteiger charge is -2.22. The Hall–Kier alpha value is -0.570. The van der Waals surface area contributed by atoms with E-state index in [0.29, 0.717) is 12.5 Å². The summed E-state index contributed by atoms with van der Waals surface area (Å²) in [5.41, 5.74) is 0. The summed E-state index contributed by atoms with van der Waals surface area (Å²) in [5.74, 6) is -0.0950. The van der Waals surface area contributed by atoms with Crippen molar-refractivity contribution in [2.75, 3.05) is 13.7 Å². The van der Waals surface area contributed by atoms with Crippen molar-refractivity contribution in [3.8, 4) is 0 Å². The largest absolute Gasteiger partial charge is 0.469 e. The molecular weight excluding hydrogens is 154 g/mol. The van der Waals surface area contributed by atoms with Crippen LogP contribution in [0.4, 0.5) is 0 Å². The normalized spacial score (nSPS) is 23.6. The molecule has 0 unspecified atom stereocenters. The number of carbonyl (C=O) groups is 1.